The quantitative estimate of drug-likeness (QED) is 0.451. The topological polar surface area (TPSA) is 65.5 Å². The van der Waals surface area contributed by atoms with Gasteiger partial charge in [0.05, 0.1) is 32.5 Å². The molecule has 1 heterocycles. The zero-order valence-electron chi connectivity index (χ0n) is 17.1. The number of benzene rings is 3. The first kappa shape index (κ1) is 20.3. The molecule has 1 aromatic heterocycles. The minimum atomic E-state index is -0.725. The summed E-state index contributed by atoms with van der Waals surface area (Å²) in [6, 6.07) is 14.1. The van der Waals surface area contributed by atoms with Gasteiger partial charge >= 0.3 is 0 Å². The number of anilines is 2. The van der Waals surface area contributed by atoms with Gasteiger partial charge in [-0.3, -0.25) is 0 Å². The molecule has 0 aliphatic rings. The van der Waals surface area contributed by atoms with Crippen molar-refractivity contribution in [3.63, 3.8) is 0 Å². The van der Waals surface area contributed by atoms with Gasteiger partial charge < -0.3 is 19.5 Å². The average Bonchev–Trinajstić information content (AvgIpc) is 2.79. The Balaban J connectivity index is 1.89. The van der Waals surface area contributed by atoms with Gasteiger partial charge in [-0.2, -0.15) is 0 Å². The van der Waals surface area contributed by atoms with Crippen LogP contribution in [0.2, 0.25) is 0 Å². The third kappa shape index (κ3) is 3.92. The number of hydrogen-bond donors (Lipinski definition) is 1. The molecule has 4 aromatic rings. The molecule has 1 N–H and O–H groups in total. The van der Waals surface area contributed by atoms with Crippen molar-refractivity contribution in [1.29, 1.82) is 0 Å². The van der Waals surface area contributed by atoms with Crippen molar-refractivity contribution >= 4 is 22.4 Å². The summed E-state index contributed by atoms with van der Waals surface area (Å²) in [7, 11) is 4.56. The Hall–Kier alpha value is -3.94. The van der Waals surface area contributed by atoms with E-state index in [4.69, 9.17) is 14.2 Å². The summed E-state index contributed by atoms with van der Waals surface area (Å²) in [5.74, 6) is 0.704. The molecule has 3 aromatic carbocycles. The molecule has 158 valence electrons. The minimum Gasteiger partial charge on any atom is -0.493 e. The van der Waals surface area contributed by atoms with Crippen molar-refractivity contribution in [3.05, 3.63) is 66.2 Å². The van der Waals surface area contributed by atoms with Gasteiger partial charge in [-0.25, -0.2) is 18.7 Å². The highest BCUT2D eigenvalue weighted by molar-refractivity contribution is 5.92. The van der Waals surface area contributed by atoms with E-state index in [1.807, 2.05) is 24.3 Å². The molecule has 0 amide bonds. The van der Waals surface area contributed by atoms with E-state index in [2.05, 4.69) is 15.3 Å². The summed E-state index contributed by atoms with van der Waals surface area (Å²) in [4.78, 5) is 9.24. The first-order valence-electron chi connectivity index (χ1n) is 9.33. The number of nitrogens with one attached hydrogen (secondary N) is 1. The zero-order valence-corrected chi connectivity index (χ0v) is 17.1. The van der Waals surface area contributed by atoms with E-state index in [1.54, 1.807) is 12.1 Å². The number of hydrogen-bond acceptors (Lipinski definition) is 6. The summed E-state index contributed by atoms with van der Waals surface area (Å²) in [6.45, 7) is 0. The lowest BCUT2D eigenvalue weighted by Gasteiger charge is -2.15. The standard InChI is InChI=1S/C23H19F2N3O3/c1-29-19-10-13(11-20(30-2)21(19)31-3)22-26-17-7-5-4-6-15(17)23(28-22)27-18-9-8-14(24)12-16(18)25/h4-12H,1-3H3,(H,26,27,28). The first-order valence-corrected chi connectivity index (χ1v) is 9.33. The maximum absolute atomic E-state index is 14.2. The maximum atomic E-state index is 14.2. The highest BCUT2D eigenvalue weighted by Gasteiger charge is 2.17. The fourth-order valence-electron chi connectivity index (χ4n) is 3.23. The lowest BCUT2D eigenvalue weighted by atomic mass is 10.1. The van der Waals surface area contributed by atoms with Crippen molar-refractivity contribution in [2.75, 3.05) is 26.6 Å². The number of aromatic nitrogens is 2. The Morgan fingerprint density at radius 1 is 0.806 bits per heavy atom. The van der Waals surface area contributed by atoms with Crippen LogP contribution in [-0.2, 0) is 0 Å². The van der Waals surface area contributed by atoms with Gasteiger partial charge in [0.25, 0.3) is 0 Å². The van der Waals surface area contributed by atoms with Crippen LogP contribution in [0, 0.1) is 11.6 Å². The summed E-state index contributed by atoms with van der Waals surface area (Å²) in [6.07, 6.45) is 0. The molecular weight excluding hydrogens is 404 g/mol. The van der Waals surface area contributed by atoms with Gasteiger partial charge in [-0.1, -0.05) is 12.1 Å². The van der Waals surface area contributed by atoms with Crippen LogP contribution in [-0.4, -0.2) is 31.3 Å². The Kier molecular flexibility index (Phi) is 5.53. The summed E-state index contributed by atoms with van der Waals surface area (Å²) in [5.41, 5.74) is 1.36. The number of rotatable bonds is 6. The molecule has 0 radical (unpaired) electrons. The average molecular weight is 423 g/mol. The maximum Gasteiger partial charge on any atom is 0.203 e. The fourth-order valence-corrected chi connectivity index (χ4v) is 3.23. The van der Waals surface area contributed by atoms with Gasteiger partial charge in [-0.15, -0.1) is 0 Å². The number of fused-ring (bicyclic) bond motifs is 1. The first-order chi connectivity index (χ1) is 15.0. The molecule has 4 rings (SSSR count). The van der Waals surface area contributed by atoms with E-state index in [0.717, 1.165) is 6.07 Å². The number of halogens is 2. The van der Waals surface area contributed by atoms with Crippen molar-refractivity contribution < 1.29 is 23.0 Å². The number of nitrogens with zero attached hydrogens (tertiary/aromatic N) is 2. The molecule has 0 saturated carbocycles. The van der Waals surface area contributed by atoms with Crippen LogP contribution in [0.15, 0.2) is 54.6 Å². The third-order valence-corrected chi connectivity index (χ3v) is 4.71. The second-order valence-corrected chi connectivity index (χ2v) is 6.58. The van der Waals surface area contributed by atoms with Crippen LogP contribution < -0.4 is 19.5 Å². The Bertz CT molecular complexity index is 1240. The van der Waals surface area contributed by atoms with Crippen molar-refractivity contribution in [2.24, 2.45) is 0 Å². The molecule has 0 atom stereocenters. The second kappa shape index (κ2) is 8.43. The van der Waals surface area contributed by atoms with Crippen LogP contribution in [0.4, 0.5) is 20.3 Å². The monoisotopic (exact) mass is 423 g/mol. The molecular formula is C23H19F2N3O3. The van der Waals surface area contributed by atoms with Crippen LogP contribution in [0.3, 0.4) is 0 Å². The van der Waals surface area contributed by atoms with Crippen LogP contribution >= 0.6 is 0 Å². The normalized spacial score (nSPS) is 10.7. The highest BCUT2D eigenvalue weighted by atomic mass is 19.1. The SMILES string of the molecule is COc1cc(-c2nc(Nc3ccc(F)cc3F)c3ccccc3n2)cc(OC)c1OC. The summed E-state index contributed by atoms with van der Waals surface area (Å²) < 4.78 is 43.8. The predicted molar refractivity (Wildman–Crippen MR) is 114 cm³/mol. The molecule has 0 saturated heterocycles. The summed E-state index contributed by atoms with van der Waals surface area (Å²) in [5, 5.41) is 3.64. The van der Waals surface area contributed by atoms with Gasteiger partial charge in [0.2, 0.25) is 5.75 Å². The molecule has 31 heavy (non-hydrogen) atoms. The lowest BCUT2D eigenvalue weighted by Crippen LogP contribution is -2.02. The van der Waals surface area contributed by atoms with Crippen LogP contribution in [0.5, 0.6) is 17.2 Å². The molecule has 0 fully saturated rings. The van der Waals surface area contributed by atoms with E-state index in [1.165, 1.54) is 33.5 Å². The molecule has 6 nitrogen and oxygen atoms in total. The number of methoxy groups -OCH3 is 3. The molecule has 8 heteroatoms. The Morgan fingerprint density at radius 2 is 1.52 bits per heavy atom. The van der Waals surface area contributed by atoms with Crippen molar-refractivity contribution in [2.45, 2.75) is 0 Å². The largest absolute Gasteiger partial charge is 0.493 e. The molecule has 0 aliphatic carbocycles. The highest BCUT2D eigenvalue weighted by Crippen LogP contribution is 2.41. The summed E-state index contributed by atoms with van der Waals surface area (Å²) >= 11 is 0. The van der Waals surface area contributed by atoms with Crippen LogP contribution in [0.1, 0.15) is 0 Å². The van der Waals surface area contributed by atoms with E-state index in [0.29, 0.717) is 45.4 Å². The van der Waals surface area contributed by atoms with Gasteiger partial charge in [0.15, 0.2) is 17.3 Å². The Labute approximate surface area is 177 Å². The Morgan fingerprint density at radius 3 is 2.16 bits per heavy atom. The molecule has 0 aliphatic heterocycles. The van der Waals surface area contributed by atoms with E-state index in [-0.39, 0.29) is 5.69 Å². The molecule has 0 spiro atoms. The fraction of sp³-hybridized carbons (Fsp3) is 0.130. The smallest absolute Gasteiger partial charge is 0.203 e. The third-order valence-electron chi connectivity index (χ3n) is 4.71. The van der Waals surface area contributed by atoms with Crippen LogP contribution in [0.25, 0.3) is 22.3 Å². The van der Waals surface area contributed by atoms with Gasteiger partial charge in [-0.05, 0) is 36.4 Å². The van der Waals surface area contributed by atoms with E-state index in [9.17, 15) is 8.78 Å². The number of ether oxygens (including phenoxy) is 3. The molecule has 0 unspecified atom stereocenters. The van der Waals surface area contributed by atoms with Gasteiger partial charge in [0.1, 0.15) is 17.5 Å². The second-order valence-electron chi connectivity index (χ2n) is 6.58. The van der Waals surface area contributed by atoms with E-state index < -0.39 is 11.6 Å². The number of para-hydroxylation sites is 1. The molecule has 0 bridgehead atoms. The minimum absolute atomic E-state index is 0.0982. The lowest BCUT2D eigenvalue weighted by molar-refractivity contribution is 0.324. The van der Waals surface area contributed by atoms with E-state index >= 15 is 0 Å². The predicted octanol–water partition coefficient (Wildman–Crippen LogP) is 5.34. The van der Waals surface area contributed by atoms with Crippen molar-refractivity contribution in [3.8, 4) is 28.6 Å². The van der Waals surface area contributed by atoms with Gasteiger partial charge in [0, 0.05) is 17.0 Å². The van der Waals surface area contributed by atoms with Crippen molar-refractivity contribution in [1.82, 2.24) is 9.97 Å². The zero-order chi connectivity index (χ0) is 22.0.